The van der Waals surface area contributed by atoms with Crippen LogP contribution < -0.4 is 15.0 Å². The Labute approximate surface area is 200 Å². The molecule has 11 nitrogen and oxygen atoms in total. The lowest BCUT2D eigenvalue weighted by molar-refractivity contribution is -0.384. The number of benzene rings is 2. The molecule has 0 fully saturated rings. The Morgan fingerprint density at radius 3 is 2.65 bits per heavy atom. The van der Waals surface area contributed by atoms with Crippen LogP contribution in [0.1, 0.15) is 13.3 Å². The van der Waals surface area contributed by atoms with Crippen LogP contribution in [0, 0.1) is 10.1 Å². The number of hydrogen-bond acceptors (Lipinski definition) is 8. The third-order valence-corrected chi connectivity index (χ3v) is 6.56. The number of nitrogens with zero attached hydrogens (tertiary/aromatic N) is 3. The fraction of sp³-hybridized carbons (Fsp3) is 0.333. The van der Waals surface area contributed by atoms with Gasteiger partial charge in [0.25, 0.3) is 11.2 Å². The molecule has 0 aliphatic heterocycles. The summed E-state index contributed by atoms with van der Waals surface area (Å²) >= 11 is 5.99. The summed E-state index contributed by atoms with van der Waals surface area (Å²) in [4.78, 5) is 32.0. The van der Waals surface area contributed by atoms with Gasteiger partial charge in [-0.2, -0.15) is 0 Å². The second kappa shape index (κ2) is 10.5. The standard InChI is InChI=1S/C21H24ClN5O6S/c1-4-9-33-19-6-5-13(34(31,32)23-7-8-26(2)3)10-15(19)20-24-17-12-16(22)18(27(29)30)11-14(17)21(28)25-20/h5-6,10-12,23H,4,7-9H2,1-3H3,(H,24,25,28). The highest BCUT2D eigenvalue weighted by Crippen LogP contribution is 2.32. The van der Waals surface area contributed by atoms with Gasteiger partial charge >= 0.3 is 0 Å². The zero-order chi connectivity index (χ0) is 25.0. The number of likely N-dealkylation sites (N-methyl/N-ethyl adjacent to an activating group) is 1. The summed E-state index contributed by atoms with van der Waals surface area (Å²) in [5, 5.41) is 11.0. The number of H-pyrrole nitrogens is 1. The van der Waals surface area contributed by atoms with E-state index in [-0.39, 0.29) is 38.8 Å². The van der Waals surface area contributed by atoms with E-state index >= 15 is 0 Å². The summed E-state index contributed by atoms with van der Waals surface area (Å²) in [5.74, 6) is 0.364. The highest BCUT2D eigenvalue weighted by molar-refractivity contribution is 7.89. The van der Waals surface area contributed by atoms with Gasteiger partial charge in [-0.1, -0.05) is 18.5 Å². The number of rotatable bonds is 10. The molecular weight excluding hydrogens is 486 g/mol. The van der Waals surface area contributed by atoms with Gasteiger partial charge in [0.2, 0.25) is 10.0 Å². The van der Waals surface area contributed by atoms with E-state index in [1.807, 2.05) is 25.9 Å². The van der Waals surface area contributed by atoms with Gasteiger partial charge in [-0.3, -0.25) is 14.9 Å². The molecule has 2 aromatic carbocycles. The van der Waals surface area contributed by atoms with E-state index < -0.39 is 26.2 Å². The van der Waals surface area contributed by atoms with Crippen LogP contribution in [-0.4, -0.2) is 62.0 Å². The zero-order valence-corrected chi connectivity index (χ0v) is 20.4. The third-order valence-electron chi connectivity index (χ3n) is 4.80. The lowest BCUT2D eigenvalue weighted by Gasteiger charge is -2.14. The maximum absolute atomic E-state index is 12.8. The van der Waals surface area contributed by atoms with Crippen LogP contribution in [0.25, 0.3) is 22.3 Å². The average Bonchev–Trinajstić information content (AvgIpc) is 2.76. The van der Waals surface area contributed by atoms with Crippen molar-refractivity contribution in [1.82, 2.24) is 19.6 Å². The number of nitro groups is 1. The van der Waals surface area contributed by atoms with Crippen LogP contribution in [0.3, 0.4) is 0 Å². The van der Waals surface area contributed by atoms with Crippen LogP contribution in [0.2, 0.25) is 5.02 Å². The molecule has 0 radical (unpaired) electrons. The highest BCUT2D eigenvalue weighted by Gasteiger charge is 2.21. The maximum Gasteiger partial charge on any atom is 0.288 e. The van der Waals surface area contributed by atoms with Gasteiger partial charge in [-0.05, 0) is 44.8 Å². The summed E-state index contributed by atoms with van der Waals surface area (Å²) in [6, 6.07) is 6.55. The van der Waals surface area contributed by atoms with E-state index in [1.54, 1.807) is 0 Å². The molecule has 0 saturated heterocycles. The van der Waals surface area contributed by atoms with Crippen molar-refractivity contribution < 1.29 is 18.1 Å². The molecular formula is C21H24ClN5O6S. The Morgan fingerprint density at radius 1 is 1.26 bits per heavy atom. The number of sulfonamides is 1. The Bertz CT molecular complexity index is 1390. The molecule has 3 aromatic rings. The van der Waals surface area contributed by atoms with Crippen molar-refractivity contribution in [3.63, 3.8) is 0 Å². The van der Waals surface area contributed by atoms with E-state index in [1.165, 1.54) is 24.3 Å². The van der Waals surface area contributed by atoms with Gasteiger partial charge < -0.3 is 14.6 Å². The van der Waals surface area contributed by atoms with Crippen molar-refractivity contribution in [2.75, 3.05) is 33.8 Å². The monoisotopic (exact) mass is 509 g/mol. The largest absolute Gasteiger partial charge is 0.493 e. The van der Waals surface area contributed by atoms with Crippen molar-refractivity contribution in [3.05, 3.63) is 55.8 Å². The first-order chi connectivity index (χ1) is 16.0. The topological polar surface area (TPSA) is 148 Å². The van der Waals surface area contributed by atoms with Crippen LogP contribution in [-0.2, 0) is 10.0 Å². The lowest BCUT2D eigenvalue weighted by atomic mass is 10.1. The van der Waals surface area contributed by atoms with Gasteiger partial charge in [0.1, 0.15) is 16.6 Å². The third kappa shape index (κ3) is 5.70. The van der Waals surface area contributed by atoms with Gasteiger partial charge in [0, 0.05) is 19.2 Å². The summed E-state index contributed by atoms with van der Waals surface area (Å²) in [6.07, 6.45) is 0.701. The molecule has 1 aromatic heterocycles. The van der Waals surface area contributed by atoms with Crippen molar-refractivity contribution in [2.45, 2.75) is 18.2 Å². The summed E-state index contributed by atoms with van der Waals surface area (Å²) < 4.78 is 33.9. The van der Waals surface area contributed by atoms with E-state index in [0.717, 1.165) is 6.07 Å². The van der Waals surface area contributed by atoms with Gasteiger partial charge in [0.05, 0.1) is 32.9 Å². The van der Waals surface area contributed by atoms with Crippen LogP contribution in [0.4, 0.5) is 5.69 Å². The fourth-order valence-electron chi connectivity index (χ4n) is 3.10. The molecule has 0 unspecified atom stereocenters. The number of aromatic nitrogens is 2. The normalized spacial score (nSPS) is 11.8. The number of fused-ring (bicyclic) bond motifs is 1. The number of nitrogens with one attached hydrogen (secondary N) is 2. The number of nitro benzene ring substituents is 1. The minimum atomic E-state index is -3.85. The Morgan fingerprint density at radius 2 is 2.00 bits per heavy atom. The van der Waals surface area contributed by atoms with E-state index in [9.17, 15) is 23.3 Å². The molecule has 182 valence electrons. The molecule has 0 atom stereocenters. The number of halogens is 1. The van der Waals surface area contributed by atoms with E-state index in [4.69, 9.17) is 16.3 Å². The Kier molecular flexibility index (Phi) is 7.87. The molecule has 0 saturated carbocycles. The quantitative estimate of drug-likeness (QED) is 0.313. The first kappa shape index (κ1) is 25.6. The van der Waals surface area contributed by atoms with Gasteiger partial charge in [-0.15, -0.1) is 0 Å². The Hall–Kier alpha value is -3.06. The van der Waals surface area contributed by atoms with Crippen LogP contribution in [0.15, 0.2) is 40.0 Å². The number of aromatic amines is 1. The van der Waals surface area contributed by atoms with Gasteiger partial charge in [-0.25, -0.2) is 18.1 Å². The molecule has 3 rings (SSSR count). The smallest absolute Gasteiger partial charge is 0.288 e. The first-order valence-corrected chi connectivity index (χ1v) is 12.2. The zero-order valence-electron chi connectivity index (χ0n) is 18.8. The SMILES string of the molecule is CCCOc1ccc(S(=O)(=O)NCCN(C)C)cc1-c1nc2cc(Cl)c([N+](=O)[O-])cc2c(=O)[nH]1. The van der Waals surface area contributed by atoms with Crippen molar-refractivity contribution in [3.8, 4) is 17.1 Å². The van der Waals surface area contributed by atoms with E-state index in [0.29, 0.717) is 25.3 Å². The van der Waals surface area contributed by atoms with Crippen LogP contribution in [0.5, 0.6) is 5.75 Å². The summed E-state index contributed by atoms with van der Waals surface area (Å²) in [6.45, 7) is 2.99. The molecule has 0 bridgehead atoms. The second-order valence-corrected chi connectivity index (χ2v) is 9.87. The Balaban J connectivity index is 2.14. The fourth-order valence-corrected chi connectivity index (χ4v) is 4.38. The van der Waals surface area contributed by atoms with Gasteiger partial charge in [0.15, 0.2) is 0 Å². The lowest BCUT2D eigenvalue weighted by Crippen LogP contribution is -2.31. The highest BCUT2D eigenvalue weighted by atomic mass is 35.5. The molecule has 0 spiro atoms. The maximum atomic E-state index is 12.8. The van der Waals surface area contributed by atoms with E-state index in [2.05, 4.69) is 14.7 Å². The molecule has 0 aliphatic rings. The predicted molar refractivity (Wildman–Crippen MR) is 129 cm³/mol. The first-order valence-electron chi connectivity index (χ1n) is 10.3. The molecule has 1 heterocycles. The molecule has 34 heavy (non-hydrogen) atoms. The molecule has 0 amide bonds. The molecule has 2 N–H and O–H groups in total. The molecule has 0 aliphatic carbocycles. The van der Waals surface area contributed by atoms with Crippen molar-refractivity contribution >= 4 is 38.2 Å². The minimum Gasteiger partial charge on any atom is -0.493 e. The second-order valence-electron chi connectivity index (χ2n) is 7.70. The minimum absolute atomic E-state index is 0.0231. The predicted octanol–water partition coefficient (Wildman–Crippen LogP) is 2.78. The average molecular weight is 510 g/mol. The number of hydrogen-bond donors (Lipinski definition) is 2. The van der Waals surface area contributed by atoms with Crippen molar-refractivity contribution in [1.29, 1.82) is 0 Å². The van der Waals surface area contributed by atoms with Crippen LogP contribution >= 0.6 is 11.6 Å². The number of ether oxygens (including phenoxy) is 1. The van der Waals surface area contributed by atoms with Crippen molar-refractivity contribution in [2.24, 2.45) is 0 Å². The summed E-state index contributed by atoms with van der Waals surface area (Å²) in [5.41, 5.74) is -0.692. The summed E-state index contributed by atoms with van der Waals surface area (Å²) in [7, 11) is -0.190. The molecule has 13 heteroatoms.